The Bertz CT molecular complexity index is 1120. The van der Waals surface area contributed by atoms with Crippen LogP contribution >= 0.6 is 11.3 Å². The molecule has 1 fully saturated rings. The number of hydrogen-bond donors (Lipinski definition) is 2. The highest BCUT2D eigenvalue weighted by molar-refractivity contribution is 7.22. The van der Waals surface area contributed by atoms with Crippen LogP contribution in [0.4, 0.5) is 24.1 Å². The third-order valence-corrected chi connectivity index (χ3v) is 6.39. The standard InChI is InChI=1S/C19H18F3N5O2S/c1-29-10-4-5-11-14(6-10)30-18(24-11)25-17(28)13-8-16-23-12(9-2-3-9)7-15(19(20,21)22)27(16)26-13/h4-6,8-9,12,15,23H,2-3,7H2,1H3,(H,24,25,28). The van der Waals surface area contributed by atoms with Crippen LogP contribution in [0, 0.1) is 5.92 Å². The highest BCUT2D eigenvalue weighted by Crippen LogP contribution is 2.45. The number of ether oxygens (including phenoxy) is 1. The molecule has 11 heteroatoms. The lowest BCUT2D eigenvalue weighted by Crippen LogP contribution is -2.40. The van der Waals surface area contributed by atoms with Crippen molar-refractivity contribution in [2.24, 2.45) is 5.92 Å². The molecule has 158 valence electrons. The predicted octanol–water partition coefficient (Wildman–Crippen LogP) is 4.45. The number of fused-ring (bicyclic) bond motifs is 2. The van der Waals surface area contributed by atoms with Gasteiger partial charge in [-0.1, -0.05) is 11.3 Å². The molecule has 2 aromatic heterocycles. The molecular weight excluding hydrogens is 419 g/mol. The summed E-state index contributed by atoms with van der Waals surface area (Å²) in [6.45, 7) is 0. The minimum Gasteiger partial charge on any atom is -0.497 e. The van der Waals surface area contributed by atoms with Crippen LogP contribution in [0.2, 0.25) is 0 Å². The van der Waals surface area contributed by atoms with Crippen molar-refractivity contribution in [1.82, 2.24) is 14.8 Å². The van der Waals surface area contributed by atoms with Gasteiger partial charge in [-0.2, -0.15) is 18.3 Å². The van der Waals surface area contributed by atoms with Crippen LogP contribution in [0.1, 0.15) is 35.8 Å². The summed E-state index contributed by atoms with van der Waals surface area (Å²) >= 11 is 1.25. The summed E-state index contributed by atoms with van der Waals surface area (Å²) in [5.74, 6) is 0.532. The third-order valence-electron chi connectivity index (χ3n) is 5.46. The van der Waals surface area contributed by atoms with E-state index in [0.717, 1.165) is 22.2 Å². The Morgan fingerprint density at radius 3 is 2.83 bits per heavy atom. The van der Waals surface area contributed by atoms with Crippen LogP contribution in [0.3, 0.4) is 0 Å². The van der Waals surface area contributed by atoms with Gasteiger partial charge in [-0.25, -0.2) is 9.67 Å². The van der Waals surface area contributed by atoms with E-state index < -0.39 is 18.1 Å². The molecule has 2 N–H and O–H groups in total. The molecule has 2 atom stereocenters. The van der Waals surface area contributed by atoms with E-state index in [4.69, 9.17) is 4.74 Å². The van der Waals surface area contributed by atoms with E-state index in [2.05, 4.69) is 20.7 Å². The van der Waals surface area contributed by atoms with Gasteiger partial charge in [-0.15, -0.1) is 0 Å². The molecule has 0 radical (unpaired) electrons. The second kappa shape index (κ2) is 6.86. The number of benzene rings is 1. The SMILES string of the molecule is COc1ccc2nc(NC(=O)c3cc4n(n3)C(C(F)(F)F)CC(C3CC3)N4)sc2c1. The van der Waals surface area contributed by atoms with Crippen LogP contribution in [-0.2, 0) is 0 Å². The summed E-state index contributed by atoms with van der Waals surface area (Å²) in [5.41, 5.74) is 0.603. The van der Waals surface area contributed by atoms with Crippen molar-refractivity contribution < 1.29 is 22.7 Å². The van der Waals surface area contributed by atoms with Crippen LogP contribution in [0.5, 0.6) is 5.75 Å². The molecule has 2 aliphatic rings. The minimum atomic E-state index is -4.43. The number of methoxy groups -OCH3 is 1. The Labute approximate surface area is 173 Å². The fourth-order valence-electron chi connectivity index (χ4n) is 3.77. The molecule has 2 unspecified atom stereocenters. The molecule has 0 saturated heterocycles. The first-order valence-electron chi connectivity index (χ1n) is 9.50. The average molecular weight is 437 g/mol. The Hall–Kier alpha value is -2.82. The van der Waals surface area contributed by atoms with Gasteiger partial charge in [-0.05, 0) is 43.4 Å². The van der Waals surface area contributed by atoms with E-state index >= 15 is 0 Å². The second-order valence-corrected chi connectivity index (χ2v) is 8.58. The van der Waals surface area contributed by atoms with Crippen LogP contribution in [0.15, 0.2) is 24.3 Å². The number of aromatic nitrogens is 3. The zero-order valence-electron chi connectivity index (χ0n) is 15.9. The summed E-state index contributed by atoms with van der Waals surface area (Å²) < 4.78 is 47.7. The minimum absolute atomic E-state index is 0.0798. The highest BCUT2D eigenvalue weighted by Gasteiger charge is 2.49. The van der Waals surface area contributed by atoms with Gasteiger partial charge >= 0.3 is 6.18 Å². The zero-order chi connectivity index (χ0) is 21.0. The van der Waals surface area contributed by atoms with E-state index in [0.29, 0.717) is 16.4 Å². The molecule has 7 nitrogen and oxygen atoms in total. The summed E-state index contributed by atoms with van der Waals surface area (Å²) in [6.07, 6.45) is -2.67. The summed E-state index contributed by atoms with van der Waals surface area (Å²) in [5, 5.41) is 10.1. The molecule has 1 aliphatic carbocycles. The maximum absolute atomic E-state index is 13.6. The fraction of sp³-hybridized carbons (Fsp3) is 0.421. The van der Waals surface area contributed by atoms with Gasteiger partial charge in [0.25, 0.3) is 5.91 Å². The second-order valence-electron chi connectivity index (χ2n) is 7.55. The maximum Gasteiger partial charge on any atom is 0.410 e. The zero-order valence-corrected chi connectivity index (χ0v) is 16.7. The first-order chi connectivity index (χ1) is 14.3. The third kappa shape index (κ3) is 3.47. The number of anilines is 2. The molecule has 1 saturated carbocycles. The lowest BCUT2D eigenvalue weighted by atomic mass is 10.0. The van der Waals surface area contributed by atoms with E-state index in [1.165, 1.54) is 17.4 Å². The normalized spacial score (nSPS) is 21.2. The average Bonchev–Trinajstić information content (AvgIpc) is 3.33. The molecule has 0 bridgehead atoms. The monoisotopic (exact) mass is 437 g/mol. The van der Waals surface area contributed by atoms with Gasteiger partial charge in [0.2, 0.25) is 0 Å². The number of nitrogens with zero attached hydrogens (tertiary/aromatic N) is 3. The molecule has 5 rings (SSSR count). The first kappa shape index (κ1) is 19.2. The molecule has 3 heterocycles. The Kier molecular flexibility index (Phi) is 4.38. The van der Waals surface area contributed by atoms with Crippen molar-refractivity contribution in [3.63, 3.8) is 0 Å². The van der Waals surface area contributed by atoms with E-state index in [-0.39, 0.29) is 29.9 Å². The topological polar surface area (TPSA) is 81.1 Å². The van der Waals surface area contributed by atoms with E-state index in [1.54, 1.807) is 25.3 Å². The largest absolute Gasteiger partial charge is 0.497 e. The van der Waals surface area contributed by atoms with Gasteiger partial charge < -0.3 is 10.1 Å². The summed E-state index contributed by atoms with van der Waals surface area (Å²) in [6, 6.07) is 4.71. The number of alkyl halides is 3. The lowest BCUT2D eigenvalue weighted by Gasteiger charge is -2.33. The van der Waals surface area contributed by atoms with E-state index in [1.807, 2.05) is 0 Å². The summed E-state index contributed by atoms with van der Waals surface area (Å²) in [4.78, 5) is 17.0. The molecule has 1 aliphatic heterocycles. The Balaban J connectivity index is 1.40. The number of rotatable bonds is 4. The number of halogens is 3. The van der Waals surface area contributed by atoms with Crippen molar-refractivity contribution in [1.29, 1.82) is 0 Å². The number of thiazole rings is 1. The quantitative estimate of drug-likeness (QED) is 0.630. The van der Waals surface area contributed by atoms with Crippen LogP contribution in [-0.4, -0.2) is 40.0 Å². The smallest absolute Gasteiger partial charge is 0.410 e. The van der Waals surface area contributed by atoms with Gasteiger partial charge in [0, 0.05) is 12.1 Å². The Morgan fingerprint density at radius 2 is 2.13 bits per heavy atom. The van der Waals surface area contributed by atoms with Crippen molar-refractivity contribution in [3.05, 3.63) is 30.0 Å². The number of nitrogens with one attached hydrogen (secondary N) is 2. The highest BCUT2D eigenvalue weighted by atomic mass is 32.1. The fourth-order valence-corrected chi connectivity index (χ4v) is 4.66. The van der Waals surface area contributed by atoms with E-state index in [9.17, 15) is 18.0 Å². The number of carbonyl (C=O) groups excluding carboxylic acids is 1. The molecule has 30 heavy (non-hydrogen) atoms. The predicted molar refractivity (Wildman–Crippen MR) is 106 cm³/mol. The number of hydrogen-bond acceptors (Lipinski definition) is 6. The van der Waals surface area contributed by atoms with Gasteiger partial charge in [-0.3, -0.25) is 10.1 Å². The molecule has 1 aromatic carbocycles. The molecular formula is C19H18F3N5O2S. The molecule has 0 spiro atoms. The van der Waals surface area contributed by atoms with Crippen molar-refractivity contribution in [3.8, 4) is 5.75 Å². The Morgan fingerprint density at radius 1 is 1.33 bits per heavy atom. The van der Waals surface area contributed by atoms with Crippen LogP contribution in [0.25, 0.3) is 10.2 Å². The van der Waals surface area contributed by atoms with Crippen molar-refractivity contribution in [2.45, 2.75) is 37.5 Å². The summed E-state index contributed by atoms with van der Waals surface area (Å²) in [7, 11) is 1.56. The van der Waals surface area contributed by atoms with Gasteiger partial charge in [0.05, 0.1) is 17.3 Å². The van der Waals surface area contributed by atoms with Crippen molar-refractivity contribution >= 4 is 38.4 Å². The number of amides is 1. The molecule has 3 aromatic rings. The van der Waals surface area contributed by atoms with Gasteiger partial charge in [0.15, 0.2) is 16.9 Å². The van der Waals surface area contributed by atoms with Crippen molar-refractivity contribution in [2.75, 3.05) is 17.7 Å². The van der Waals surface area contributed by atoms with Crippen LogP contribution < -0.4 is 15.4 Å². The molecule has 1 amide bonds. The lowest BCUT2D eigenvalue weighted by molar-refractivity contribution is -0.174. The first-order valence-corrected chi connectivity index (χ1v) is 10.3. The maximum atomic E-state index is 13.6. The van der Waals surface area contributed by atoms with Gasteiger partial charge in [0.1, 0.15) is 11.6 Å². The number of carbonyl (C=O) groups is 1.